The maximum Gasteiger partial charge on any atom is 0.123 e. The molecule has 0 spiro atoms. The summed E-state index contributed by atoms with van der Waals surface area (Å²) in [5, 5.41) is 10.1. The van der Waals surface area contributed by atoms with E-state index in [-0.39, 0.29) is 6.61 Å². The Morgan fingerprint density at radius 1 is 1.38 bits per heavy atom. The van der Waals surface area contributed by atoms with Crippen molar-refractivity contribution < 1.29 is 14.6 Å². The molecule has 2 rings (SSSR count). The molecule has 1 heterocycles. The molecule has 1 fully saturated rings. The Labute approximate surface area is 126 Å². The Bertz CT molecular complexity index is 422. The van der Waals surface area contributed by atoms with Crippen LogP contribution in [-0.2, 0) is 11.3 Å². The molecule has 1 aliphatic rings. The zero-order valence-electron chi connectivity index (χ0n) is 12.7. The van der Waals surface area contributed by atoms with Crippen molar-refractivity contribution in [3.05, 3.63) is 29.8 Å². The van der Waals surface area contributed by atoms with Gasteiger partial charge in [0.25, 0.3) is 0 Å². The number of rotatable bonds is 7. The summed E-state index contributed by atoms with van der Waals surface area (Å²) in [6.45, 7) is 2.95. The number of nitrogens with two attached hydrogens (primary N) is 1. The summed E-state index contributed by atoms with van der Waals surface area (Å²) in [4.78, 5) is 2.20. The predicted molar refractivity (Wildman–Crippen MR) is 82.3 cm³/mol. The minimum absolute atomic E-state index is 0.282. The molecule has 1 aromatic rings. The summed E-state index contributed by atoms with van der Waals surface area (Å²) < 4.78 is 11.1. The number of nitrogens with zero attached hydrogens (tertiary/aromatic N) is 1. The average molecular weight is 294 g/mol. The Morgan fingerprint density at radius 3 is 2.81 bits per heavy atom. The van der Waals surface area contributed by atoms with Crippen molar-refractivity contribution in [1.29, 1.82) is 0 Å². The van der Waals surface area contributed by atoms with Gasteiger partial charge in [0.1, 0.15) is 18.5 Å². The molecule has 1 aromatic carbocycles. The van der Waals surface area contributed by atoms with Crippen molar-refractivity contribution in [1.82, 2.24) is 4.90 Å². The highest BCUT2D eigenvalue weighted by molar-refractivity contribution is 5.32. The molecule has 5 heteroatoms. The van der Waals surface area contributed by atoms with Crippen LogP contribution in [0.25, 0.3) is 0 Å². The first kappa shape index (κ1) is 16.2. The van der Waals surface area contributed by atoms with Gasteiger partial charge in [0.15, 0.2) is 0 Å². The lowest BCUT2D eigenvalue weighted by atomic mass is 10.1. The van der Waals surface area contributed by atoms with Crippen LogP contribution in [0.1, 0.15) is 18.4 Å². The molecule has 0 radical (unpaired) electrons. The minimum atomic E-state index is -0.510. The van der Waals surface area contributed by atoms with Gasteiger partial charge in [-0.1, -0.05) is 18.2 Å². The second kappa shape index (κ2) is 8.34. The number of ether oxygens (including phenoxy) is 2. The fraction of sp³-hybridized carbons (Fsp3) is 0.625. The first-order valence-electron chi connectivity index (χ1n) is 7.57. The number of aliphatic hydroxyl groups excluding tert-OH is 1. The molecule has 21 heavy (non-hydrogen) atoms. The molecule has 3 N–H and O–H groups in total. The topological polar surface area (TPSA) is 68.0 Å². The zero-order chi connectivity index (χ0) is 15.1. The maximum atomic E-state index is 10.1. The van der Waals surface area contributed by atoms with E-state index < -0.39 is 6.10 Å². The number of hydrogen-bond donors (Lipinski definition) is 2. The monoisotopic (exact) mass is 294 g/mol. The molecule has 1 aliphatic heterocycles. The molecular weight excluding hydrogens is 268 g/mol. The van der Waals surface area contributed by atoms with E-state index in [9.17, 15) is 5.11 Å². The average Bonchev–Trinajstić information content (AvgIpc) is 2.54. The van der Waals surface area contributed by atoms with E-state index in [0.29, 0.717) is 19.1 Å². The van der Waals surface area contributed by atoms with E-state index in [2.05, 4.69) is 4.90 Å². The first-order chi connectivity index (χ1) is 10.2. The Hall–Kier alpha value is -1.14. The third-order valence-electron chi connectivity index (χ3n) is 3.94. The van der Waals surface area contributed by atoms with E-state index in [1.54, 1.807) is 0 Å². The number of likely N-dealkylation sites (N-methyl/N-ethyl adjacent to an activating group) is 1. The van der Waals surface area contributed by atoms with Crippen molar-refractivity contribution in [2.24, 2.45) is 5.73 Å². The molecule has 1 saturated heterocycles. The van der Waals surface area contributed by atoms with E-state index in [4.69, 9.17) is 15.2 Å². The standard InChI is InChI=1S/C16H26N2O3/c1-18(14-6-8-20-9-7-14)11-15(19)12-21-16-5-3-2-4-13(16)10-17/h2-5,14-15,19H,6-12,17H2,1H3. The fourth-order valence-corrected chi connectivity index (χ4v) is 2.66. The summed E-state index contributed by atoms with van der Waals surface area (Å²) in [6, 6.07) is 8.16. The lowest BCUT2D eigenvalue weighted by molar-refractivity contribution is 0.0158. The van der Waals surface area contributed by atoms with Gasteiger partial charge in [-0.25, -0.2) is 0 Å². The number of hydrogen-bond acceptors (Lipinski definition) is 5. The molecular formula is C16H26N2O3. The van der Waals surface area contributed by atoms with Crippen molar-refractivity contribution in [3.8, 4) is 5.75 Å². The molecule has 0 aromatic heterocycles. The van der Waals surface area contributed by atoms with Gasteiger partial charge in [0, 0.05) is 37.9 Å². The third-order valence-corrected chi connectivity index (χ3v) is 3.94. The molecule has 5 nitrogen and oxygen atoms in total. The second-order valence-corrected chi connectivity index (χ2v) is 5.56. The predicted octanol–water partition coefficient (Wildman–Crippen LogP) is 0.996. The summed E-state index contributed by atoms with van der Waals surface area (Å²) in [6.07, 6.45) is 1.55. The number of aliphatic hydroxyl groups is 1. The highest BCUT2D eigenvalue weighted by Crippen LogP contribution is 2.18. The van der Waals surface area contributed by atoms with Gasteiger partial charge in [0.2, 0.25) is 0 Å². The lowest BCUT2D eigenvalue weighted by Gasteiger charge is -2.32. The third kappa shape index (κ3) is 4.97. The van der Waals surface area contributed by atoms with Crippen LogP contribution in [0.5, 0.6) is 5.75 Å². The molecule has 1 unspecified atom stereocenters. The fourth-order valence-electron chi connectivity index (χ4n) is 2.66. The van der Waals surface area contributed by atoms with E-state index in [1.165, 1.54) is 0 Å². The number of para-hydroxylation sites is 1. The van der Waals surface area contributed by atoms with Gasteiger partial charge >= 0.3 is 0 Å². The molecule has 0 aliphatic carbocycles. The Balaban J connectivity index is 1.77. The highest BCUT2D eigenvalue weighted by atomic mass is 16.5. The summed E-state index contributed by atoms with van der Waals surface area (Å²) >= 11 is 0. The summed E-state index contributed by atoms with van der Waals surface area (Å²) in [5.74, 6) is 0.757. The molecule has 118 valence electrons. The van der Waals surface area contributed by atoms with E-state index in [0.717, 1.165) is 37.4 Å². The van der Waals surface area contributed by atoms with Crippen molar-refractivity contribution in [2.75, 3.05) is 33.4 Å². The van der Waals surface area contributed by atoms with Crippen LogP contribution in [0.3, 0.4) is 0 Å². The highest BCUT2D eigenvalue weighted by Gasteiger charge is 2.20. The molecule has 0 bridgehead atoms. The van der Waals surface area contributed by atoms with Crippen molar-refractivity contribution >= 4 is 0 Å². The van der Waals surface area contributed by atoms with Gasteiger partial charge in [-0.2, -0.15) is 0 Å². The van der Waals surface area contributed by atoms with Crippen molar-refractivity contribution in [2.45, 2.75) is 31.5 Å². The van der Waals surface area contributed by atoms with Gasteiger partial charge in [-0.15, -0.1) is 0 Å². The second-order valence-electron chi connectivity index (χ2n) is 5.56. The van der Waals surface area contributed by atoms with Crippen LogP contribution in [0.15, 0.2) is 24.3 Å². The Morgan fingerprint density at radius 2 is 2.10 bits per heavy atom. The van der Waals surface area contributed by atoms with Crippen LogP contribution in [-0.4, -0.2) is 55.6 Å². The smallest absolute Gasteiger partial charge is 0.123 e. The first-order valence-corrected chi connectivity index (χ1v) is 7.57. The van der Waals surface area contributed by atoms with Crippen molar-refractivity contribution in [3.63, 3.8) is 0 Å². The van der Waals surface area contributed by atoms with Crippen LogP contribution < -0.4 is 10.5 Å². The summed E-state index contributed by atoms with van der Waals surface area (Å²) in [5.41, 5.74) is 6.63. The van der Waals surface area contributed by atoms with Crippen LogP contribution in [0, 0.1) is 0 Å². The quantitative estimate of drug-likeness (QED) is 0.785. The summed E-state index contributed by atoms with van der Waals surface area (Å²) in [7, 11) is 2.05. The minimum Gasteiger partial charge on any atom is -0.491 e. The van der Waals surface area contributed by atoms with Gasteiger partial charge in [0.05, 0.1) is 0 Å². The van der Waals surface area contributed by atoms with Crippen LogP contribution in [0.4, 0.5) is 0 Å². The Kier molecular flexibility index (Phi) is 6.45. The van der Waals surface area contributed by atoms with E-state index >= 15 is 0 Å². The lowest BCUT2D eigenvalue weighted by Crippen LogP contribution is -2.42. The van der Waals surface area contributed by atoms with Crippen LogP contribution >= 0.6 is 0 Å². The normalized spacial score (nSPS) is 17.9. The zero-order valence-corrected chi connectivity index (χ0v) is 12.7. The van der Waals surface area contributed by atoms with Gasteiger partial charge < -0.3 is 25.2 Å². The SMILES string of the molecule is CN(CC(O)COc1ccccc1CN)C1CCOCC1. The van der Waals surface area contributed by atoms with Gasteiger partial charge in [-0.3, -0.25) is 0 Å². The van der Waals surface area contributed by atoms with E-state index in [1.807, 2.05) is 31.3 Å². The molecule has 1 atom stereocenters. The maximum absolute atomic E-state index is 10.1. The van der Waals surface area contributed by atoms with Gasteiger partial charge in [-0.05, 0) is 26.0 Å². The molecule has 0 amide bonds. The molecule has 0 saturated carbocycles. The number of benzene rings is 1. The largest absolute Gasteiger partial charge is 0.491 e. The van der Waals surface area contributed by atoms with Crippen LogP contribution in [0.2, 0.25) is 0 Å².